The maximum absolute atomic E-state index is 5.82. The molecule has 34 heavy (non-hydrogen) atoms. The van der Waals surface area contributed by atoms with Crippen LogP contribution in [0, 0.1) is 0 Å². The molecule has 0 amide bonds. The van der Waals surface area contributed by atoms with E-state index in [1.807, 2.05) is 18.2 Å². The lowest BCUT2D eigenvalue weighted by Crippen LogP contribution is -1.95. The van der Waals surface area contributed by atoms with Crippen molar-refractivity contribution in [3.63, 3.8) is 0 Å². The second-order valence-corrected chi connectivity index (χ2v) is 8.33. The standard InChI is InChI=1S/C31H24N2O/c1-34-31-21-24(32-23-10-4-2-5-11-23)17-19-26(31)22-16-18-28-27-14-8-9-15-29(27)33(30(28)20-22)25-12-6-3-7-13-25/h2-21,32H,1H3. The van der Waals surface area contributed by atoms with Crippen molar-refractivity contribution in [3.05, 3.63) is 121 Å². The van der Waals surface area contributed by atoms with Gasteiger partial charge in [0, 0.05) is 39.5 Å². The van der Waals surface area contributed by atoms with Crippen LogP contribution in [-0.4, -0.2) is 11.7 Å². The molecule has 164 valence electrons. The Kier molecular flexibility index (Phi) is 5.00. The smallest absolute Gasteiger partial charge is 0.128 e. The molecule has 1 aromatic heterocycles. The zero-order valence-corrected chi connectivity index (χ0v) is 18.9. The number of fused-ring (bicyclic) bond motifs is 3. The molecular formula is C31H24N2O. The lowest BCUT2D eigenvalue weighted by molar-refractivity contribution is 0.416. The van der Waals surface area contributed by atoms with Crippen LogP contribution in [0.4, 0.5) is 11.4 Å². The average Bonchev–Trinajstić information content (AvgIpc) is 3.23. The quantitative estimate of drug-likeness (QED) is 0.292. The summed E-state index contributed by atoms with van der Waals surface area (Å²) in [6.07, 6.45) is 0. The molecule has 0 aliphatic heterocycles. The van der Waals surface area contributed by atoms with E-state index in [9.17, 15) is 0 Å². The molecule has 6 aromatic rings. The van der Waals surface area contributed by atoms with Gasteiger partial charge < -0.3 is 14.6 Å². The third-order valence-electron chi connectivity index (χ3n) is 6.26. The van der Waals surface area contributed by atoms with E-state index in [-0.39, 0.29) is 0 Å². The molecule has 0 saturated heterocycles. The van der Waals surface area contributed by atoms with E-state index in [1.54, 1.807) is 7.11 Å². The number of benzene rings is 5. The van der Waals surface area contributed by atoms with Gasteiger partial charge in [-0.25, -0.2) is 0 Å². The van der Waals surface area contributed by atoms with Gasteiger partial charge in [-0.2, -0.15) is 0 Å². The Morgan fingerprint density at radius 2 is 1.29 bits per heavy atom. The van der Waals surface area contributed by atoms with Gasteiger partial charge in [0.1, 0.15) is 5.75 Å². The predicted octanol–water partition coefficient (Wildman–Crippen LogP) is 8.20. The number of nitrogens with one attached hydrogen (secondary N) is 1. The van der Waals surface area contributed by atoms with Crippen LogP contribution in [0.25, 0.3) is 38.6 Å². The van der Waals surface area contributed by atoms with E-state index in [0.717, 1.165) is 33.9 Å². The number of nitrogens with zero attached hydrogens (tertiary/aromatic N) is 1. The molecule has 0 aliphatic carbocycles. The summed E-state index contributed by atoms with van der Waals surface area (Å²) >= 11 is 0. The highest BCUT2D eigenvalue weighted by Gasteiger charge is 2.14. The highest BCUT2D eigenvalue weighted by atomic mass is 16.5. The number of para-hydroxylation sites is 3. The van der Waals surface area contributed by atoms with E-state index >= 15 is 0 Å². The normalized spacial score (nSPS) is 11.1. The van der Waals surface area contributed by atoms with Gasteiger partial charge >= 0.3 is 0 Å². The molecule has 3 heteroatoms. The van der Waals surface area contributed by atoms with Gasteiger partial charge in [0.05, 0.1) is 18.1 Å². The molecule has 5 aromatic carbocycles. The minimum Gasteiger partial charge on any atom is -0.496 e. The summed E-state index contributed by atoms with van der Waals surface area (Å²) in [4.78, 5) is 0. The van der Waals surface area contributed by atoms with Crippen LogP contribution in [0.5, 0.6) is 5.75 Å². The fourth-order valence-corrected chi connectivity index (χ4v) is 4.69. The molecule has 1 N–H and O–H groups in total. The zero-order chi connectivity index (χ0) is 22.9. The van der Waals surface area contributed by atoms with Crippen molar-refractivity contribution >= 4 is 33.2 Å². The fraction of sp³-hybridized carbons (Fsp3) is 0.0323. The van der Waals surface area contributed by atoms with Crippen molar-refractivity contribution in [2.75, 3.05) is 12.4 Å². The monoisotopic (exact) mass is 440 g/mol. The lowest BCUT2D eigenvalue weighted by Gasteiger charge is -2.13. The summed E-state index contributed by atoms with van der Waals surface area (Å²) in [5, 5.41) is 5.94. The van der Waals surface area contributed by atoms with Crippen molar-refractivity contribution in [1.29, 1.82) is 0 Å². The molecule has 0 fully saturated rings. The van der Waals surface area contributed by atoms with Crippen LogP contribution < -0.4 is 10.1 Å². The third-order valence-corrected chi connectivity index (χ3v) is 6.26. The van der Waals surface area contributed by atoms with Crippen LogP contribution in [0.3, 0.4) is 0 Å². The molecule has 0 unspecified atom stereocenters. The first-order chi connectivity index (χ1) is 16.8. The maximum atomic E-state index is 5.82. The number of aromatic nitrogens is 1. The Labute approximate surface area is 198 Å². The molecule has 6 rings (SSSR count). The molecule has 0 atom stereocenters. The third kappa shape index (κ3) is 3.48. The van der Waals surface area contributed by atoms with Crippen LogP contribution in [0.2, 0.25) is 0 Å². The molecule has 1 heterocycles. The van der Waals surface area contributed by atoms with Gasteiger partial charge in [0.2, 0.25) is 0 Å². The summed E-state index contributed by atoms with van der Waals surface area (Å²) in [6, 6.07) is 42.2. The summed E-state index contributed by atoms with van der Waals surface area (Å²) in [7, 11) is 1.73. The summed E-state index contributed by atoms with van der Waals surface area (Å²) < 4.78 is 8.16. The van der Waals surface area contributed by atoms with Crippen LogP contribution in [0.15, 0.2) is 121 Å². The molecule has 3 nitrogen and oxygen atoms in total. The maximum Gasteiger partial charge on any atom is 0.128 e. The number of methoxy groups -OCH3 is 1. The van der Waals surface area contributed by atoms with Crippen molar-refractivity contribution in [3.8, 4) is 22.6 Å². The first-order valence-corrected chi connectivity index (χ1v) is 11.4. The van der Waals surface area contributed by atoms with Crippen LogP contribution in [0.1, 0.15) is 0 Å². The second kappa shape index (κ2) is 8.45. The van der Waals surface area contributed by atoms with Crippen molar-refractivity contribution in [2.45, 2.75) is 0 Å². The van der Waals surface area contributed by atoms with Gasteiger partial charge in [0.25, 0.3) is 0 Å². The van der Waals surface area contributed by atoms with E-state index in [0.29, 0.717) is 0 Å². The van der Waals surface area contributed by atoms with Gasteiger partial charge in [-0.1, -0.05) is 66.7 Å². The number of anilines is 2. The summed E-state index contributed by atoms with van der Waals surface area (Å²) in [5.41, 5.74) is 7.76. The topological polar surface area (TPSA) is 26.2 Å². The molecule has 0 spiro atoms. The van der Waals surface area contributed by atoms with Gasteiger partial charge in [-0.3, -0.25) is 0 Å². The molecule has 0 bridgehead atoms. The Bertz CT molecular complexity index is 1600. The van der Waals surface area contributed by atoms with Crippen molar-refractivity contribution in [1.82, 2.24) is 4.57 Å². The predicted molar refractivity (Wildman–Crippen MR) is 142 cm³/mol. The fourth-order valence-electron chi connectivity index (χ4n) is 4.69. The Balaban J connectivity index is 1.50. The van der Waals surface area contributed by atoms with E-state index in [2.05, 4.69) is 113 Å². The Hall–Kier alpha value is -4.50. The van der Waals surface area contributed by atoms with E-state index < -0.39 is 0 Å². The van der Waals surface area contributed by atoms with Crippen LogP contribution in [-0.2, 0) is 0 Å². The van der Waals surface area contributed by atoms with Crippen molar-refractivity contribution in [2.24, 2.45) is 0 Å². The molecular weight excluding hydrogens is 416 g/mol. The van der Waals surface area contributed by atoms with Crippen molar-refractivity contribution < 1.29 is 4.74 Å². The first kappa shape index (κ1) is 20.1. The Morgan fingerprint density at radius 3 is 2.09 bits per heavy atom. The highest BCUT2D eigenvalue weighted by Crippen LogP contribution is 2.38. The zero-order valence-electron chi connectivity index (χ0n) is 18.9. The molecule has 0 saturated carbocycles. The van der Waals surface area contributed by atoms with E-state index in [4.69, 9.17) is 4.74 Å². The second-order valence-electron chi connectivity index (χ2n) is 8.33. The van der Waals surface area contributed by atoms with Gasteiger partial charge in [-0.15, -0.1) is 0 Å². The van der Waals surface area contributed by atoms with E-state index in [1.165, 1.54) is 21.8 Å². The van der Waals surface area contributed by atoms with Gasteiger partial charge in [0.15, 0.2) is 0 Å². The largest absolute Gasteiger partial charge is 0.496 e. The molecule has 0 aliphatic rings. The number of hydrogen-bond donors (Lipinski definition) is 1. The highest BCUT2D eigenvalue weighted by molar-refractivity contribution is 6.10. The van der Waals surface area contributed by atoms with Crippen LogP contribution >= 0.6 is 0 Å². The lowest BCUT2D eigenvalue weighted by atomic mass is 10.0. The molecule has 0 radical (unpaired) electrons. The van der Waals surface area contributed by atoms with Gasteiger partial charge in [-0.05, 0) is 54.1 Å². The minimum absolute atomic E-state index is 0.836. The number of hydrogen-bond acceptors (Lipinski definition) is 2. The SMILES string of the molecule is COc1cc(Nc2ccccc2)ccc1-c1ccc2c3ccccc3n(-c3ccccc3)c2c1. The summed E-state index contributed by atoms with van der Waals surface area (Å²) in [6.45, 7) is 0. The Morgan fingerprint density at radius 1 is 0.588 bits per heavy atom. The first-order valence-electron chi connectivity index (χ1n) is 11.4. The minimum atomic E-state index is 0.836. The number of ether oxygens (including phenoxy) is 1. The summed E-state index contributed by atoms with van der Waals surface area (Å²) in [5.74, 6) is 0.836. The number of rotatable bonds is 5. The average molecular weight is 441 g/mol.